The van der Waals surface area contributed by atoms with Crippen molar-refractivity contribution in [3.8, 4) is 0 Å². The molecule has 0 aliphatic carbocycles. The number of pyridine rings is 1. The summed E-state index contributed by atoms with van der Waals surface area (Å²) >= 11 is 0. The molecule has 1 amide bonds. The number of aromatic nitrogens is 1. The lowest BCUT2D eigenvalue weighted by Crippen LogP contribution is -2.28. The van der Waals surface area contributed by atoms with E-state index in [4.69, 9.17) is 0 Å². The minimum absolute atomic E-state index is 0.0131. The quantitative estimate of drug-likeness (QED) is 0.920. The van der Waals surface area contributed by atoms with Gasteiger partial charge < -0.3 is 5.32 Å². The van der Waals surface area contributed by atoms with Crippen molar-refractivity contribution in [3.05, 3.63) is 59.4 Å². The van der Waals surface area contributed by atoms with E-state index in [9.17, 15) is 4.79 Å². The van der Waals surface area contributed by atoms with E-state index in [1.165, 1.54) is 5.56 Å². The fourth-order valence-corrected chi connectivity index (χ4v) is 2.13. The molecule has 1 heterocycles. The van der Waals surface area contributed by atoms with Gasteiger partial charge in [-0.15, -0.1) is 0 Å². The molecule has 0 fully saturated rings. The van der Waals surface area contributed by atoms with Crippen molar-refractivity contribution < 1.29 is 4.79 Å². The van der Waals surface area contributed by atoms with Crippen LogP contribution in [0.25, 0.3) is 0 Å². The molecule has 3 nitrogen and oxygen atoms in total. The van der Waals surface area contributed by atoms with Crippen LogP contribution in [0.15, 0.2) is 42.5 Å². The van der Waals surface area contributed by atoms with Crippen LogP contribution in [-0.4, -0.2) is 10.9 Å². The molecule has 0 bridgehead atoms. The highest BCUT2D eigenvalue weighted by atomic mass is 16.2. The summed E-state index contributed by atoms with van der Waals surface area (Å²) in [4.78, 5) is 16.8. The van der Waals surface area contributed by atoms with Crippen LogP contribution in [0.1, 0.15) is 37.7 Å². The molecule has 3 heteroatoms. The Morgan fingerprint density at radius 1 is 1.05 bits per heavy atom. The number of hydrogen-bond donors (Lipinski definition) is 1. The summed E-state index contributed by atoms with van der Waals surface area (Å²) in [6.07, 6.45) is 1.72. The molecule has 22 heavy (non-hydrogen) atoms. The zero-order valence-corrected chi connectivity index (χ0v) is 13.8. The Balaban J connectivity index is 2.16. The van der Waals surface area contributed by atoms with Crippen LogP contribution in [0.5, 0.6) is 0 Å². The number of carbonyl (C=O) groups excluding carboxylic acids is 1. The Hall–Kier alpha value is -2.16. The molecule has 0 radical (unpaired) electrons. The average molecular weight is 296 g/mol. The predicted octanol–water partition coefficient (Wildman–Crippen LogP) is 4.16. The second-order valence-corrected chi connectivity index (χ2v) is 6.64. The molecule has 116 valence electrons. The van der Waals surface area contributed by atoms with Crippen molar-refractivity contribution in [2.24, 2.45) is 5.41 Å². The van der Waals surface area contributed by atoms with Crippen LogP contribution >= 0.6 is 0 Å². The van der Waals surface area contributed by atoms with Crippen LogP contribution in [0.2, 0.25) is 0 Å². The highest BCUT2D eigenvalue weighted by Gasteiger charge is 2.22. The lowest BCUT2D eigenvalue weighted by atomic mass is 9.95. The molecular formula is C19H24N2O. The smallest absolute Gasteiger partial charge is 0.229 e. The van der Waals surface area contributed by atoms with Crippen molar-refractivity contribution in [1.82, 2.24) is 4.98 Å². The first-order valence-electron chi connectivity index (χ1n) is 7.68. The molecule has 0 aliphatic heterocycles. The molecule has 1 aromatic carbocycles. The van der Waals surface area contributed by atoms with Gasteiger partial charge in [-0.25, -0.2) is 0 Å². The van der Waals surface area contributed by atoms with Gasteiger partial charge in [0.2, 0.25) is 5.91 Å². The summed E-state index contributed by atoms with van der Waals surface area (Å²) in [6, 6.07) is 14.2. The molecular weight excluding hydrogens is 272 g/mol. The lowest BCUT2D eigenvalue weighted by Gasteiger charge is -2.19. The number of carbonyl (C=O) groups is 1. The first-order chi connectivity index (χ1) is 10.4. The molecule has 0 atom stereocenters. The third-order valence-electron chi connectivity index (χ3n) is 3.54. The zero-order valence-electron chi connectivity index (χ0n) is 13.8. The normalized spacial score (nSPS) is 11.3. The average Bonchev–Trinajstić information content (AvgIpc) is 2.47. The van der Waals surface area contributed by atoms with Crippen molar-refractivity contribution >= 4 is 11.6 Å². The van der Waals surface area contributed by atoms with Gasteiger partial charge in [0.05, 0.1) is 11.4 Å². The minimum Gasteiger partial charge on any atom is -0.324 e. The monoisotopic (exact) mass is 296 g/mol. The molecule has 0 unspecified atom stereocenters. The number of hydrogen-bond acceptors (Lipinski definition) is 2. The maximum Gasteiger partial charge on any atom is 0.229 e. The van der Waals surface area contributed by atoms with Gasteiger partial charge in [0.15, 0.2) is 0 Å². The summed E-state index contributed by atoms with van der Waals surface area (Å²) in [5, 5.41) is 3.01. The van der Waals surface area contributed by atoms with Gasteiger partial charge in [-0.05, 0) is 37.5 Å². The molecule has 0 saturated carbocycles. The summed E-state index contributed by atoms with van der Waals surface area (Å²) in [6.45, 7) is 7.70. The predicted molar refractivity (Wildman–Crippen MR) is 90.9 cm³/mol. The van der Waals surface area contributed by atoms with Gasteiger partial charge in [0, 0.05) is 11.1 Å². The van der Waals surface area contributed by atoms with Gasteiger partial charge in [0.25, 0.3) is 0 Å². The van der Waals surface area contributed by atoms with E-state index in [2.05, 4.69) is 22.4 Å². The molecule has 1 aromatic heterocycles. The topological polar surface area (TPSA) is 42.0 Å². The highest BCUT2D eigenvalue weighted by molar-refractivity contribution is 5.94. The van der Waals surface area contributed by atoms with Crippen LogP contribution in [-0.2, 0) is 17.6 Å². The number of anilines is 1. The van der Waals surface area contributed by atoms with Gasteiger partial charge in [-0.2, -0.15) is 0 Å². The summed E-state index contributed by atoms with van der Waals surface area (Å²) in [5.74, 6) is 0.0131. The van der Waals surface area contributed by atoms with Gasteiger partial charge >= 0.3 is 0 Å². The van der Waals surface area contributed by atoms with Gasteiger partial charge in [0.1, 0.15) is 0 Å². The number of amides is 1. The van der Waals surface area contributed by atoms with Gasteiger partial charge in [-0.3, -0.25) is 9.78 Å². The van der Waals surface area contributed by atoms with Crippen LogP contribution < -0.4 is 5.32 Å². The van der Waals surface area contributed by atoms with E-state index < -0.39 is 5.41 Å². The zero-order chi connectivity index (χ0) is 16.2. The Bertz CT molecular complexity index is 642. The van der Waals surface area contributed by atoms with Crippen LogP contribution in [0.3, 0.4) is 0 Å². The minimum atomic E-state index is -0.415. The van der Waals surface area contributed by atoms with E-state index in [-0.39, 0.29) is 5.91 Å². The van der Waals surface area contributed by atoms with Crippen LogP contribution in [0, 0.1) is 12.3 Å². The number of nitrogens with zero attached hydrogens (tertiary/aromatic N) is 1. The fraction of sp³-hybridized carbons (Fsp3) is 0.368. The van der Waals surface area contributed by atoms with E-state index in [0.717, 1.165) is 29.9 Å². The first kappa shape index (κ1) is 16.2. The molecule has 0 saturated heterocycles. The maximum absolute atomic E-state index is 12.2. The first-order valence-corrected chi connectivity index (χ1v) is 7.68. The van der Waals surface area contributed by atoms with E-state index >= 15 is 0 Å². The number of benzene rings is 1. The highest BCUT2D eigenvalue weighted by Crippen LogP contribution is 2.21. The molecule has 2 rings (SSSR count). The Morgan fingerprint density at radius 3 is 2.36 bits per heavy atom. The van der Waals surface area contributed by atoms with Gasteiger partial charge in [-0.1, -0.05) is 51.1 Å². The molecule has 1 N–H and O–H groups in total. The number of aryl methyl sites for hydroxylation is 3. The Kier molecular flexibility index (Phi) is 4.96. The third-order valence-corrected chi connectivity index (χ3v) is 3.54. The molecule has 0 spiro atoms. The standard InChI is InChI=1S/C19H24N2O/c1-14-10-12-17(21-18(22)19(2,3)4)16(20-14)13-11-15-8-6-5-7-9-15/h5-10,12H,11,13H2,1-4H3,(H,21,22). The Morgan fingerprint density at radius 2 is 1.73 bits per heavy atom. The SMILES string of the molecule is Cc1ccc(NC(=O)C(C)(C)C)c(CCc2ccccc2)n1. The maximum atomic E-state index is 12.2. The summed E-state index contributed by atoms with van der Waals surface area (Å²) in [7, 11) is 0. The van der Waals surface area contributed by atoms with Crippen LogP contribution in [0.4, 0.5) is 5.69 Å². The Labute approximate surface area is 132 Å². The third kappa shape index (κ3) is 4.42. The number of nitrogens with one attached hydrogen (secondary N) is 1. The van der Waals surface area contributed by atoms with Crippen molar-refractivity contribution in [2.45, 2.75) is 40.5 Å². The van der Waals surface area contributed by atoms with E-state index in [1.54, 1.807) is 0 Å². The second-order valence-electron chi connectivity index (χ2n) is 6.64. The van der Waals surface area contributed by atoms with E-state index in [1.807, 2.05) is 58.0 Å². The van der Waals surface area contributed by atoms with Crippen molar-refractivity contribution in [3.63, 3.8) is 0 Å². The molecule has 2 aromatic rings. The number of rotatable bonds is 4. The van der Waals surface area contributed by atoms with Crippen molar-refractivity contribution in [2.75, 3.05) is 5.32 Å². The summed E-state index contributed by atoms with van der Waals surface area (Å²) in [5.41, 5.74) is 3.60. The van der Waals surface area contributed by atoms with E-state index in [0.29, 0.717) is 0 Å². The largest absolute Gasteiger partial charge is 0.324 e. The fourth-order valence-electron chi connectivity index (χ4n) is 2.13. The lowest BCUT2D eigenvalue weighted by molar-refractivity contribution is -0.123. The van der Waals surface area contributed by atoms with Crippen molar-refractivity contribution in [1.29, 1.82) is 0 Å². The molecule has 0 aliphatic rings. The summed E-state index contributed by atoms with van der Waals surface area (Å²) < 4.78 is 0. The second kappa shape index (κ2) is 6.73.